The highest BCUT2D eigenvalue weighted by atomic mass is 35.5. The number of carbonyl (C=O) groups is 4. The molecule has 11 heteroatoms. The fourth-order valence-corrected chi connectivity index (χ4v) is 7.30. The van der Waals surface area contributed by atoms with Gasteiger partial charge in [0.05, 0.1) is 28.4 Å². The van der Waals surface area contributed by atoms with E-state index in [-0.39, 0.29) is 12.8 Å². The summed E-state index contributed by atoms with van der Waals surface area (Å²) >= 11 is 6.75. The van der Waals surface area contributed by atoms with E-state index in [0.29, 0.717) is 12.0 Å². The normalized spacial score (nSPS) is 46.9. The lowest BCUT2D eigenvalue weighted by Gasteiger charge is -2.56. The molecule has 0 aromatic heterocycles. The lowest BCUT2D eigenvalue weighted by molar-refractivity contribution is -0.236. The average molecular weight is 543 g/mol. The molecule has 2 saturated carbocycles. The van der Waals surface area contributed by atoms with Crippen LogP contribution in [-0.2, 0) is 42.9 Å². The summed E-state index contributed by atoms with van der Waals surface area (Å²) in [7, 11) is 0. The third-order valence-corrected chi connectivity index (χ3v) is 9.42. The fourth-order valence-electron chi connectivity index (χ4n) is 6.94. The van der Waals surface area contributed by atoms with Crippen LogP contribution < -0.4 is 0 Å². The van der Waals surface area contributed by atoms with E-state index in [2.05, 4.69) is 6.58 Å². The Hall–Kier alpha value is -2.17. The molecule has 0 amide bonds. The van der Waals surface area contributed by atoms with Crippen molar-refractivity contribution >= 4 is 35.5 Å². The number of esters is 4. The Morgan fingerprint density at radius 3 is 2.19 bits per heavy atom. The Morgan fingerprint density at radius 2 is 1.62 bits per heavy atom. The number of ether oxygens (including phenoxy) is 5. The molecule has 4 aliphatic rings. The van der Waals surface area contributed by atoms with Crippen molar-refractivity contribution in [2.75, 3.05) is 0 Å². The molecule has 0 bridgehead atoms. The number of epoxide rings is 1. The highest BCUT2D eigenvalue weighted by Gasteiger charge is 2.78. The molecular formula is C26H35ClO10. The molecule has 2 aliphatic heterocycles. The van der Waals surface area contributed by atoms with Crippen molar-refractivity contribution in [3.05, 3.63) is 12.2 Å². The Kier molecular flexibility index (Phi) is 6.95. The summed E-state index contributed by atoms with van der Waals surface area (Å²) in [4.78, 5) is 50.0. The molecule has 11 atom stereocenters. The van der Waals surface area contributed by atoms with Crippen LogP contribution in [0.1, 0.15) is 60.8 Å². The van der Waals surface area contributed by atoms with Crippen molar-refractivity contribution in [2.45, 2.75) is 108 Å². The maximum Gasteiger partial charge on any atom is 0.312 e. The summed E-state index contributed by atoms with van der Waals surface area (Å²) < 4.78 is 29.3. The number of aliphatic hydroxyl groups is 1. The highest BCUT2D eigenvalue weighted by molar-refractivity contribution is 6.23. The molecule has 2 saturated heterocycles. The van der Waals surface area contributed by atoms with E-state index in [1.807, 2.05) is 6.92 Å². The van der Waals surface area contributed by atoms with Crippen molar-refractivity contribution < 1.29 is 48.0 Å². The molecular weight excluding hydrogens is 508 g/mol. The van der Waals surface area contributed by atoms with Gasteiger partial charge in [-0.25, -0.2) is 0 Å². The molecule has 0 unspecified atom stereocenters. The zero-order valence-corrected chi connectivity index (χ0v) is 22.7. The summed E-state index contributed by atoms with van der Waals surface area (Å²) in [6.07, 6.45) is -3.96. The Labute approximate surface area is 220 Å². The van der Waals surface area contributed by atoms with Crippen molar-refractivity contribution in [1.29, 1.82) is 0 Å². The third kappa shape index (κ3) is 4.25. The van der Waals surface area contributed by atoms with Crippen LogP contribution in [0.15, 0.2) is 12.2 Å². The van der Waals surface area contributed by atoms with E-state index < -0.39 is 88.2 Å². The first-order valence-electron chi connectivity index (χ1n) is 12.5. The van der Waals surface area contributed by atoms with Gasteiger partial charge in [-0.2, -0.15) is 0 Å². The number of hydrogen-bond donors (Lipinski definition) is 1. The van der Waals surface area contributed by atoms with Gasteiger partial charge in [0.15, 0.2) is 11.7 Å². The molecule has 0 spiro atoms. The SMILES string of the molecule is C=C1CC[C@H](OC(C)=O)[C@@]2(C)[C@@H](OC(C)=O)C[C@H]3O[C@@]3(C)[C@@H]2[C@H](OC(C)=O)[C@@]2(O)[C@@H](C)C(=O)O[C@H]2[C@H]1Cl. The summed E-state index contributed by atoms with van der Waals surface area (Å²) in [6.45, 7) is 12.9. The standard InChI is InChI=1S/C26H35ClO10/c1-11-8-9-16(33-13(3)28)24(6)17(34-14(4)29)10-18-25(7,37-18)20(24)22(35-15(5)30)26(32)12(2)23(31)36-21(26)19(11)27/h12,16-22,32H,1,8-10H2,2-7H3/t12-,16-,17-,18+,19-,20+,21-,22-,24-,25+,26+/m0/s1. The number of alkyl halides is 1. The molecule has 2 aliphatic carbocycles. The first kappa shape index (κ1) is 27.9. The second-order valence-electron chi connectivity index (χ2n) is 11.2. The van der Waals surface area contributed by atoms with Crippen LogP contribution in [0.2, 0.25) is 0 Å². The average Bonchev–Trinajstić information content (AvgIpc) is 3.39. The molecule has 2 heterocycles. The van der Waals surface area contributed by atoms with E-state index in [1.165, 1.54) is 27.7 Å². The van der Waals surface area contributed by atoms with E-state index >= 15 is 0 Å². The Balaban J connectivity index is 2.01. The van der Waals surface area contributed by atoms with Crippen LogP contribution in [0.5, 0.6) is 0 Å². The fraction of sp³-hybridized carbons (Fsp3) is 0.769. The van der Waals surface area contributed by atoms with E-state index in [0.717, 1.165) is 0 Å². The van der Waals surface area contributed by atoms with Crippen LogP contribution >= 0.6 is 11.6 Å². The lowest BCUT2D eigenvalue weighted by atomic mass is 9.53. The molecule has 4 rings (SSSR count). The molecule has 0 aromatic carbocycles. The van der Waals surface area contributed by atoms with Gasteiger partial charge >= 0.3 is 23.9 Å². The smallest absolute Gasteiger partial charge is 0.312 e. The maximum absolute atomic E-state index is 12.9. The van der Waals surface area contributed by atoms with Crippen LogP contribution in [-0.4, -0.2) is 76.1 Å². The number of carbonyl (C=O) groups excluding carboxylic acids is 4. The monoisotopic (exact) mass is 542 g/mol. The molecule has 10 nitrogen and oxygen atoms in total. The predicted octanol–water partition coefficient (Wildman–Crippen LogP) is 2.22. The van der Waals surface area contributed by atoms with Crippen molar-refractivity contribution in [1.82, 2.24) is 0 Å². The van der Waals surface area contributed by atoms with Crippen LogP contribution in [0, 0.1) is 17.3 Å². The third-order valence-electron chi connectivity index (χ3n) is 8.88. The minimum atomic E-state index is -2.10. The first-order chi connectivity index (χ1) is 17.1. The largest absolute Gasteiger partial charge is 0.462 e. The maximum atomic E-state index is 12.9. The van der Waals surface area contributed by atoms with Gasteiger partial charge in [-0.1, -0.05) is 19.1 Å². The number of halogens is 1. The highest BCUT2D eigenvalue weighted by Crippen LogP contribution is 2.65. The second-order valence-corrected chi connectivity index (χ2v) is 11.6. The van der Waals surface area contributed by atoms with E-state index in [4.69, 9.17) is 35.3 Å². The molecule has 0 radical (unpaired) electrons. The van der Waals surface area contributed by atoms with Gasteiger partial charge in [-0.3, -0.25) is 19.2 Å². The van der Waals surface area contributed by atoms with Crippen molar-refractivity contribution in [3.63, 3.8) is 0 Å². The summed E-state index contributed by atoms with van der Waals surface area (Å²) in [5.41, 5.74) is -3.84. The summed E-state index contributed by atoms with van der Waals surface area (Å²) in [5.74, 6) is -4.56. The molecule has 1 N–H and O–H groups in total. The Morgan fingerprint density at radius 1 is 1.05 bits per heavy atom. The Bertz CT molecular complexity index is 1030. The minimum Gasteiger partial charge on any atom is -0.462 e. The number of hydrogen-bond acceptors (Lipinski definition) is 10. The van der Waals surface area contributed by atoms with Crippen LogP contribution in [0.4, 0.5) is 0 Å². The van der Waals surface area contributed by atoms with Crippen molar-refractivity contribution in [2.24, 2.45) is 17.3 Å². The first-order valence-corrected chi connectivity index (χ1v) is 13.0. The van der Waals surface area contributed by atoms with Gasteiger partial charge in [0.25, 0.3) is 0 Å². The molecule has 37 heavy (non-hydrogen) atoms. The zero-order chi connectivity index (χ0) is 27.7. The van der Waals surface area contributed by atoms with Gasteiger partial charge in [-0.15, -0.1) is 11.6 Å². The molecule has 4 fully saturated rings. The van der Waals surface area contributed by atoms with Gasteiger partial charge in [0, 0.05) is 33.1 Å². The quantitative estimate of drug-likeness (QED) is 0.186. The topological polar surface area (TPSA) is 138 Å². The van der Waals surface area contributed by atoms with Crippen LogP contribution in [0.3, 0.4) is 0 Å². The molecule has 206 valence electrons. The van der Waals surface area contributed by atoms with Gasteiger partial charge in [0.2, 0.25) is 0 Å². The minimum absolute atomic E-state index is 0.245. The number of rotatable bonds is 3. The van der Waals surface area contributed by atoms with Gasteiger partial charge < -0.3 is 28.8 Å². The summed E-state index contributed by atoms with van der Waals surface area (Å²) in [5, 5.41) is 11.4. The summed E-state index contributed by atoms with van der Waals surface area (Å²) in [6, 6.07) is 0. The van der Waals surface area contributed by atoms with Gasteiger partial charge in [0.1, 0.15) is 18.3 Å². The van der Waals surface area contributed by atoms with Crippen molar-refractivity contribution in [3.8, 4) is 0 Å². The zero-order valence-electron chi connectivity index (χ0n) is 21.9. The number of fused-ring (bicyclic) bond motifs is 4. The van der Waals surface area contributed by atoms with E-state index in [9.17, 15) is 24.3 Å². The van der Waals surface area contributed by atoms with Gasteiger partial charge in [-0.05, 0) is 26.7 Å². The second kappa shape index (κ2) is 9.24. The van der Waals surface area contributed by atoms with Crippen LogP contribution in [0.25, 0.3) is 0 Å². The predicted molar refractivity (Wildman–Crippen MR) is 128 cm³/mol. The lowest BCUT2D eigenvalue weighted by Crippen LogP contribution is -2.70. The molecule has 0 aromatic rings. The van der Waals surface area contributed by atoms with E-state index in [1.54, 1.807) is 6.92 Å².